The van der Waals surface area contributed by atoms with Crippen molar-refractivity contribution in [2.75, 3.05) is 13.1 Å². The molecule has 0 bridgehead atoms. The highest BCUT2D eigenvalue weighted by atomic mass is 28.1. The van der Waals surface area contributed by atoms with Crippen LogP contribution in [0.15, 0.2) is 0 Å². The van der Waals surface area contributed by atoms with E-state index in [1.807, 2.05) is 0 Å². The number of hydrogen-bond donors (Lipinski definition) is 6. The van der Waals surface area contributed by atoms with Crippen molar-refractivity contribution in [3.05, 3.63) is 0 Å². The van der Waals surface area contributed by atoms with E-state index in [2.05, 4.69) is 33.1 Å². The third kappa shape index (κ3) is 20.0. The second-order valence-corrected chi connectivity index (χ2v) is 12.4. The van der Waals surface area contributed by atoms with Crippen LogP contribution in [0.5, 0.6) is 0 Å². The Morgan fingerprint density at radius 1 is 0.714 bits per heavy atom. The molecule has 0 rings (SSSR count). The normalized spacial score (nSPS) is 14.0. The van der Waals surface area contributed by atoms with E-state index >= 15 is 0 Å². The number of carboxylic acids is 1. The third-order valence-corrected chi connectivity index (χ3v) is 8.15. The molecule has 8 N–H and O–H groups in total. The number of nitrogens with two attached hydrogens (primary N) is 2. The minimum Gasteiger partial charge on any atom is -0.480 e. The summed E-state index contributed by atoms with van der Waals surface area (Å²) >= 11 is 0. The Hall–Kier alpha value is -1.98. The van der Waals surface area contributed by atoms with Gasteiger partial charge in [-0.3, -0.25) is 19.2 Å². The van der Waals surface area contributed by atoms with Gasteiger partial charge in [-0.15, -0.1) is 0 Å². The third-order valence-electron chi connectivity index (χ3n) is 7.57. The van der Waals surface area contributed by atoms with E-state index in [4.69, 9.17) is 11.5 Å². The first-order chi connectivity index (χ1) is 20.1. The van der Waals surface area contributed by atoms with Gasteiger partial charge in [0, 0.05) is 6.42 Å². The summed E-state index contributed by atoms with van der Waals surface area (Å²) in [5, 5.41) is 15.9. The molecule has 3 atom stereocenters. The average Bonchev–Trinajstić information content (AvgIpc) is 2.95. The maximum Gasteiger partial charge on any atom is 0.325 e. The van der Waals surface area contributed by atoms with Gasteiger partial charge < -0.3 is 32.5 Å². The molecule has 3 radical (unpaired) electrons. The van der Waals surface area contributed by atoms with Gasteiger partial charge in [-0.2, -0.15) is 0 Å². The van der Waals surface area contributed by atoms with Crippen LogP contribution in [-0.2, 0) is 19.2 Å². The highest BCUT2D eigenvalue weighted by Gasteiger charge is 2.36. The van der Waals surface area contributed by atoms with E-state index in [0.717, 1.165) is 19.3 Å². The number of carbonyl (C=O) groups excluding carboxylic acids is 3. The number of unbranched alkanes of at least 4 members (excludes halogenated alkanes) is 14. The fourth-order valence-corrected chi connectivity index (χ4v) is 5.09. The number of nitrogens with one attached hydrogen (secondary N) is 3. The van der Waals surface area contributed by atoms with Crippen LogP contribution in [0.3, 0.4) is 0 Å². The molecule has 10 nitrogen and oxygen atoms in total. The summed E-state index contributed by atoms with van der Waals surface area (Å²) in [6, 6.07) is -1.80. The van der Waals surface area contributed by atoms with Crippen LogP contribution in [-0.4, -0.2) is 69.4 Å². The van der Waals surface area contributed by atoms with Gasteiger partial charge in [0.2, 0.25) is 17.7 Å². The maximum absolute atomic E-state index is 13.0. The van der Waals surface area contributed by atoms with Crippen LogP contribution in [0.25, 0.3) is 0 Å². The van der Waals surface area contributed by atoms with E-state index < -0.39 is 35.0 Å². The standard InChI is InChI=1S/C31H60N5O5Si/c1-3-4-5-6-7-8-9-10-11-12-13-14-15-21-27(37)35-26(20-16-18-23-32)29(39)34-25(2)28(38)36-31(42,30(40)41)22-17-19-24-33/h25-26H,3-24,32-33H2,1-2H3,(H,34,39)(H,35,37)(H,36,38)(H,40,41)/t25-,26-,31+/m0/s1. The van der Waals surface area contributed by atoms with Crippen LogP contribution in [0.1, 0.15) is 142 Å². The minimum absolute atomic E-state index is 0.139. The SMILES string of the molecule is CCCCCCCCCCCCCCCC(=O)N[C@@H](CCCCN)C(=O)N[C@@H](C)C(=O)N[C@@]([Si])(CCCCN)C(=O)O. The van der Waals surface area contributed by atoms with Crippen molar-refractivity contribution in [2.24, 2.45) is 11.5 Å². The maximum atomic E-state index is 13.0. The molecular formula is C31H60N5O5Si. The number of carbonyl (C=O) groups is 4. The highest BCUT2D eigenvalue weighted by Crippen LogP contribution is 2.14. The quantitative estimate of drug-likeness (QED) is 0.0577. The van der Waals surface area contributed by atoms with Crippen molar-refractivity contribution < 1.29 is 24.3 Å². The van der Waals surface area contributed by atoms with Crippen LogP contribution in [0.4, 0.5) is 0 Å². The van der Waals surface area contributed by atoms with Gasteiger partial charge in [-0.05, 0) is 65.0 Å². The number of amides is 3. The Balaban J connectivity index is 4.54. The van der Waals surface area contributed by atoms with Crippen molar-refractivity contribution in [1.29, 1.82) is 0 Å². The first-order valence-corrected chi connectivity index (χ1v) is 16.9. The van der Waals surface area contributed by atoms with Crippen LogP contribution >= 0.6 is 0 Å². The van der Waals surface area contributed by atoms with Gasteiger partial charge >= 0.3 is 5.97 Å². The van der Waals surface area contributed by atoms with Gasteiger partial charge in [0.05, 0.1) is 10.2 Å². The van der Waals surface area contributed by atoms with Crippen LogP contribution in [0.2, 0.25) is 0 Å². The summed E-state index contributed by atoms with van der Waals surface area (Å²) in [4.78, 5) is 50.1. The van der Waals surface area contributed by atoms with Gasteiger partial charge in [0.1, 0.15) is 17.2 Å². The topological polar surface area (TPSA) is 177 Å². The summed E-state index contributed by atoms with van der Waals surface area (Å²) in [6.07, 6.45) is 19.3. The highest BCUT2D eigenvalue weighted by molar-refractivity contribution is 6.28. The molecule has 0 saturated heterocycles. The molecule has 11 heteroatoms. The number of hydrogen-bond acceptors (Lipinski definition) is 6. The molecular weight excluding hydrogens is 550 g/mol. The molecule has 0 aromatic rings. The molecule has 0 aromatic heterocycles. The molecule has 42 heavy (non-hydrogen) atoms. The molecule has 0 spiro atoms. The second kappa shape index (κ2) is 25.5. The Bertz CT molecular complexity index is 757. The second-order valence-electron chi connectivity index (χ2n) is 11.6. The number of carboxylic acid groups (broad SMARTS) is 1. The van der Waals surface area contributed by atoms with Crippen LogP contribution < -0.4 is 27.4 Å². The Labute approximate surface area is 258 Å². The Morgan fingerprint density at radius 2 is 1.21 bits per heavy atom. The molecule has 0 unspecified atom stereocenters. The summed E-state index contributed by atoms with van der Waals surface area (Å²) in [5.74, 6) is -2.55. The van der Waals surface area contributed by atoms with Crippen molar-refractivity contribution in [3.8, 4) is 0 Å². The van der Waals surface area contributed by atoms with Crippen molar-refractivity contribution in [3.63, 3.8) is 0 Å². The zero-order valence-corrected chi connectivity index (χ0v) is 27.4. The molecule has 0 aliphatic rings. The van der Waals surface area contributed by atoms with Crippen LogP contribution in [0, 0.1) is 0 Å². The predicted octanol–water partition coefficient (Wildman–Crippen LogP) is 3.78. The van der Waals surface area contributed by atoms with Crippen molar-refractivity contribution in [1.82, 2.24) is 16.0 Å². The summed E-state index contributed by atoms with van der Waals surface area (Å²) in [5.41, 5.74) is 11.1. The fourth-order valence-electron chi connectivity index (χ4n) is 4.79. The van der Waals surface area contributed by atoms with Gasteiger partial charge in [0.15, 0.2) is 0 Å². The minimum atomic E-state index is -1.66. The largest absolute Gasteiger partial charge is 0.480 e. The molecule has 0 heterocycles. The molecule has 0 aliphatic heterocycles. The molecule has 0 aliphatic carbocycles. The molecule has 243 valence electrons. The summed E-state index contributed by atoms with van der Waals surface area (Å²) in [6.45, 7) is 4.62. The van der Waals surface area contributed by atoms with Crippen molar-refractivity contribution in [2.45, 2.75) is 160 Å². The van der Waals surface area contributed by atoms with E-state index in [1.165, 1.54) is 71.1 Å². The first-order valence-electron chi connectivity index (χ1n) is 16.4. The van der Waals surface area contributed by atoms with E-state index in [9.17, 15) is 24.3 Å². The number of rotatable bonds is 28. The van der Waals surface area contributed by atoms with Crippen molar-refractivity contribution >= 4 is 33.9 Å². The van der Waals surface area contributed by atoms with Gasteiger partial charge in [0.25, 0.3) is 0 Å². The lowest BCUT2D eigenvalue weighted by Crippen LogP contribution is -2.60. The smallest absolute Gasteiger partial charge is 0.325 e. The van der Waals surface area contributed by atoms with Gasteiger partial charge in [-0.25, -0.2) is 0 Å². The Kier molecular flexibility index (Phi) is 24.3. The summed E-state index contributed by atoms with van der Waals surface area (Å²) in [7, 11) is 3.19. The Morgan fingerprint density at radius 3 is 1.71 bits per heavy atom. The number of aliphatic carboxylic acids is 1. The van der Waals surface area contributed by atoms with E-state index in [-0.39, 0.29) is 12.3 Å². The lowest BCUT2D eigenvalue weighted by Gasteiger charge is -2.28. The summed E-state index contributed by atoms with van der Waals surface area (Å²) < 4.78 is 0. The fraction of sp³-hybridized carbons (Fsp3) is 0.871. The molecule has 3 amide bonds. The zero-order valence-electron chi connectivity index (χ0n) is 26.4. The van der Waals surface area contributed by atoms with E-state index in [0.29, 0.717) is 51.6 Å². The lowest BCUT2D eigenvalue weighted by atomic mass is 10.0. The molecule has 0 fully saturated rings. The predicted molar refractivity (Wildman–Crippen MR) is 170 cm³/mol. The average molecular weight is 611 g/mol. The first kappa shape index (κ1) is 40.0. The molecule has 0 saturated carbocycles. The van der Waals surface area contributed by atoms with E-state index in [1.54, 1.807) is 0 Å². The lowest BCUT2D eigenvalue weighted by molar-refractivity contribution is -0.144. The molecule has 0 aromatic carbocycles. The zero-order chi connectivity index (χ0) is 31.6. The monoisotopic (exact) mass is 610 g/mol. The van der Waals surface area contributed by atoms with Gasteiger partial charge in [-0.1, -0.05) is 84.0 Å².